The first-order valence-corrected chi connectivity index (χ1v) is 17.3. The summed E-state index contributed by atoms with van der Waals surface area (Å²) in [7, 11) is 0. The summed E-state index contributed by atoms with van der Waals surface area (Å²) in [5.41, 5.74) is 6.58. The molecule has 0 N–H and O–H groups in total. The highest BCUT2D eigenvalue weighted by Crippen LogP contribution is 2.43. The van der Waals surface area contributed by atoms with Crippen LogP contribution < -0.4 is 0 Å². The predicted octanol–water partition coefficient (Wildman–Crippen LogP) is 12.4. The Morgan fingerprint density at radius 2 is 1.12 bits per heavy atom. The van der Waals surface area contributed by atoms with Crippen LogP contribution in [0.25, 0.3) is 91.6 Å². The quantitative estimate of drug-likeness (QED) is 0.177. The molecule has 0 aliphatic heterocycles. The van der Waals surface area contributed by atoms with Crippen LogP contribution in [0.2, 0.25) is 0 Å². The molecule has 10 aromatic rings. The van der Waals surface area contributed by atoms with Gasteiger partial charge in [-0.2, -0.15) is 0 Å². The minimum atomic E-state index is 0.0773. The predicted molar refractivity (Wildman–Crippen MR) is 206 cm³/mol. The van der Waals surface area contributed by atoms with Gasteiger partial charge in [-0.1, -0.05) is 130 Å². The second-order valence-corrected chi connectivity index (χ2v) is 14.9. The summed E-state index contributed by atoms with van der Waals surface area (Å²) < 4.78 is 4.94. The number of fused-ring (bicyclic) bond motifs is 12. The van der Waals surface area contributed by atoms with Gasteiger partial charge in [-0.25, -0.2) is 9.97 Å². The van der Waals surface area contributed by atoms with Crippen molar-refractivity contribution in [2.45, 2.75) is 26.2 Å². The number of hydrogen-bond donors (Lipinski definition) is 0. The fourth-order valence-corrected chi connectivity index (χ4v) is 8.75. The number of rotatable bonds is 2. The summed E-state index contributed by atoms with van der Waals surface area (Å²) >= 11 is 1.87. The van der Waals surface area contributed by atoms with E-state index in [9.17, 15) is 0 Å². The lowest BCUT2D eigenvalue weighted by molar-refractivity contribution is 0.590. The molecule has 228 valence electrons. The molecule has 0 radical (unpaired) electrons. The van der Waals surface area contributed by atoms with E-state index in [1.54, 1.807) is 0 Å². The Labute approximate surface area is 281 Å². The van der Waals surface area contributed by atoms with Crippen molar-refractivity contribution < 1.29 is 0 Å². The highest BCUT2D eigenvalue weighted by molar-refractivity contribution is 7.26. The van der Waals surface area contributed by atoms with Gasteiger partial charge in [0.2, 0.25) is 5.95 Å². The van der Waals surface area contributed by atoms with Crippen LogP contribution >= 0.6 is 11.3 Å². The van der Waals surface area contributed by atoms with Crippen LogP contribution in [-0.4, -0.2) is 14.5 Å². The average Bonchev–Trinajstić information content (AvgIpc) is 3.67. The smallest absolute Gasteiger partial charge is 0.235 e. The maximum absolute atomic E-state index is 5.40. The normalized spacial score (nSPS) is 12.5. The summed E-state index contributed by atoms with van der Waals surface area (Å²) in [5.74, 6) is 0.682. The number of benzene rings is 7. The largest absolute Gasteiger partial charge is 0.277 e. The van der Waals surface area contributed by atoms with E-state index in [0.29, 0.717) is 5.95 Å². The molecule has 0 aliphatic carbocycles. The molecule has 0 saturated carbocycles. The molecule has 0 spiro atoms. The van der Waals surface area contributed by atoms with E-state index in [0.717, 1.165) is 33.2 Å². The number of thiophene rings is 1. The first-order chi connectivity index (χ1) is 23.4. The van der Waals surface area contributed by atoms with Gasteiger partial charge in [-0.3, -0.25) is 4.57 Å². The molecule has 0 amide bonds. The summed E-state index contributed by atoms with van der Waals surface area (Å²) in [6, 6.07) is 48.5. The van der Waals surface area contributed by atoms with Gasteiger partial charge in [0.25, 0.3) is 0 Å². The first kappa shape index (κ1) is 27.5. The molecule has 10 rings (SSSR count). The zero-order chi connectivity index (χ0) is 32.1. The Bertz CT molecular complexity index is 2920. The molecule has 3 heterocycles. The van der Waals surface area contributed by atoms with Gasteiger partial charge in [0.1, 0.15) is 0 Å². The van der Waals surface area contributed by atoms with Crippen molar-refractivity contribution in [1.82, 2.24) is 14.5 Å². The monoisotopic (exact) mass is 633 g/mol. The minimum Gasteiger partial charge on any atom is -0.277 e. The fraction of sp³-hybridized carbons (Fsp3) is 0.0909. The maximum atomic E-state index is 5.40. The van der Waals surface area contributed by atoms with Crippen molar-refractivity contribution in [2.24, 2.45) is 0 Å². The number of para-hydroxylation sites is 2. The van der Waals surface area contributed by atoms with Crippen LogP contribution in [0.1, 0.15) is 26.3 Å². The topological polar surface area (TPSA) is 30.7 Å². The molecule has 0 saturated heterocycles. The lowest BCUT2D eigenvalue weighted by Gasteiger charge is -2.19. The van der Waals surface area contributed by atoms with E-state index in [4.69, 9.17) is 9.97 Å². The number of aromatic nitrogens is 3. The van der Waals surface area contributed by atoms with Gasteiger partial charge in [-0.15, -0.1) is 11.3 Å². The molecular weight excluding hydrogens is 603 g/mol. The zero-order valence-corrected chi connectivity index (χ0v) is 27.8. The van der Waals surface area contributed by atoms with Crippen LogP contribution in [0.15, 0.2) is 133 Å². The van der Waals surface area contributed by atoms with E-state index < -0.39 is 0 Å². The van der Waals surface area contributed by atoms with Crippen LogP contribution in [0, 0.1) is 0 Å². The minimum absolute atomic E-state index is 0.0773. The van der Waals surface area contributed by atoms with Crippen molar-refractivity contribution in [3.8, 4) is 17.2 Å². The van der Waals surface area contributed by atoms with Crippen molar-refractivity contribution in [2.75, 3.05) is 0 Å². The molecule has 7 aromatic carbocycles. The lowest BCUT2D eigenvalue weighted by Crippen LogP contribution is -2.10. The van der Waals surface area contributed by atoms with E-state index in [-0.39, 0.29) is 5.41 Å². The van der Waals surface area contributed by atoms with Gasteiger partial charge in [0, 0.05) is 47.3 Å². The van der Waals surface area contributed by atoms with E-state index in [2.05, 4.69) is 159 Å². The Morgan fingerprint density at radius 1 is 0.500 bits per heavy atom. The Hall–Kier alpha value is -5.58. The number of hydrogen-bond acceptors (Lipinski definition) is 3. The summed E-state index contributed by atoms with van der Waals surface area (Å²) in [5, 5.41) is 11.1. The highest BCUT2D eigenvalue weighted by Gasteiger charge is 2.21. The second kappa shape index (κ2) is 9.96. The van der Waals surface area contributed by atoms with Crippen LogP contribution in [0.5, 0.6) is 0 Å². The third-order valence-electron chi connectivity index (χ3n) is 9.98. The van der Waals surface area contributed by atoms with Crippen LogP contribution in [-0.2, 0) is 5.41 Å². The third-order valence-corrected chi connectivity index (χ3v) is 11.1. The van der Waals surface area contributed by atoms with Crippen molar-refractivity contribution >= 4 is 85.8 Å². The van der Waals surface area contributed by atoms with Crippen molar-refractivity contribution in [1.29, 1.82) is 0 Å². The molecule has 3 nitrogen and oxygen atoms in total. The molecular formula is C44H31N3S. The molecule has 0 bridgehead atoms. The highest BCUT2D eigenvalue weighted by atomic mass is 32.1. The maximum Gasteiger partial charge on any atom is 0.235 e. The van der Waals surface area contributed by atoms with Crippen molar-refractivity contribution in [3.05, 3.63) is 139 Å². The zero-order valence-electron chi connectivity index (χ0n) is 27.0. The lowest BCUT2D eigenvalue weighted by atomic mass is 9.86. The third kappa shape index (κ3) is 3.93. The molecule has 48 heavy (non-hydrogen) atoms. The van der Waals surface area contributed by atoms with Crippen LogP contribution in [0.4, 0.5) is 0 Å². The Kier molecular flexibility index (Phi) is 5.71. The van der Waals surface area contributed by atoms with E-state index in [1.807, 2.05) is 11.3 Å². The average molecular weight is 634 g/mol. The van der Waals surface area contributed by atoms with Crippen molar-refractivity contribution in [3.63, 3.8) is 0 Å². The molecule has 0 fully saturated rings. The van der Waals surface area contributed by atoms with E-state index >= 15 is 0 Å². The Balaban J connectivity index is 1.30. The molecule has 0 atom stereocenters. The summed E-state index contributed by atoms with van der Waals surface area (Å²) in [4.78, 5) is 10.6. The van der Waals surface area contributed by atoms with Gasteiger partial charge < -0.3 is 0 Å². The van der Waals surface area contributed by atoms with Crippen LogP contribution in [0.3, 0.4) is 0 Å². The fourth-order valence-electron chi connectivity index (χ4n) is 7.62. The summed E-state index contributed by atoms with van der Waals surface area (Å²) in [6.07, 6.45) is 0. The molecule has 0 unspecified atom stereocenters. The Morgan fingerprint density at radius 3 is 1.94 bits per heavy atom. The first-order valence-electron chi connectivity index (χ1n) is 16.5. The molecule has 0 aliphatic rings. The SMILES string of the molecule is CC(C)(C)c1ccc(-c2nc(-n3c4ccccc4c4ccc5c6ccc7sc8ccccc8c7c6ccc5c43)nc3ccccc23)cc1. The summed E-state index contributed by atoms with van der Waals surface area (Å²) in [6.45, 7) is 6.75. The van der Waals surface area contributed by atoms with Gasteiger partial charge in [-0.05, 0) is 51.4 Å². The standard InChI is InChI=1S/C44H31N3S/c1-44(2,3)27-18-16-26(17-19-27)41-34-11-4-7-13-36(34)45-43(46-41)47-37-14-8-5-10-30(37)33-22-20-29-28-24-25-39-40(31(28)21-23-32(29)42(33)47)35-12-6-9-15-38(35)48-39/h4-25H,1-3H3. The van der Waals surface area contributed by atoms with Gasteiger partial charge in [0.15, 0.2) is 0 Å². The number of nitrogens with zero attached hydrogens (tertiary/aromatic N) is 3. The molecule has 4 heteroatoms. The second-order valence-electron chi connectivity index (χ2n) is 13.8. The van der Waals surface area contributed by atoms with E-state index in [1.165, 1.54) is 58.1 Å². The van der Waals surface area contributed by atoms with Gasteiger partial charge in [0.05, 0.1) is 22.2 Å². The molecule has 3 aromatic heterocycles. The van der Waals surface area contributed by atoms with Gasteiger partial charge >= 0.3 is 0 Å².